The monoisotopic (exact) mass is 271 g/mol. The molecule has 106 valence electrons. The van der Waals surface area contributed by atoms with Gasteiger partial charge in [0.15, 0.2) is 11.8 Å². The number of ether oxygens (including phenoxy) is 3. The van der Waals surface area contributed by atoms with Gasteiger partial charge >= 0.3 is 11.9 Å². The Morgan fingerprint density at radius 1 is 1.16 bits per heavy atom. The van der Waals surface area contributed by atoms with Crippen molar-refractivity contribution in [3.63, 3.8) is 0 Å². The van der Waals surface area contributed by atoms with Crippen molar-refractivity contribution in [2.45, 2.75) is 25.9 Å². The summed E-state index contributed by atoms with van der Waals surface area (Å²) in [6.07, 6.45) is 0. The van der Waals surface area contributed by atoms with Crippen LogP contribution in [0.15, 0.2) is 11.3 Å². The molecule has 0 aromatic heterocycles. The van der Waals surface area contributed by atoms with Crippen LogP contribution in [0.2, 0.25) is 0 Å². The molecule has 0 radical (unpaired) electrons. The van der Waals surface area contributed by atoms with E-state index in [4.69, 9.17) is 4.74 Å². The van der Waals surface area contributed by atoms with Crippen LogP contribution >= 0.6 is 0 Å². The number of carbonyl (C=O) groups is 3. The fourth-order valence-corrected chi connectivity index (χ4v) is 2.00. The molecule has 0 aromatic rings. The number of amides is 1. The first kappa shape index (κ1) is 15.0. The van der Waals surface area contributed by atoms with Crippen molar-refractivity contribution in [1.82, 2.24) is 4.90 Å². The van der Waals surface area contributed by atoms with Gasteiger partial charge in [0, 0.05) is 6.04 Å². The lowest BCUT2D eigenvalue weighted by molar-refractivity contribution is -0.151. The molecule has 0 fully saturated rings. The summed E-state index contributed by atoms with van der Waals surface area (Å²) in [4.78, 5) is 37.0. The molecule has 0 N–H and O–H groups in total. The molecule has 1 heterocycles. The molecule has 0 spiro atoms. The van der Waals surface area contributed by atoms with Crippen molar-refractivity contribution in [3.8, 4) is 0 Å². The lowest BCUT2D eigenvalue weighted by Gasteiger charge is -2.27. The van der Waals surface area contributed by atoms with Crippen LogP contribution in [0.1, 0.15) is 13.8 Å². The molecule has 7 nitrogen and oxygen atoms in total. The second-order valence-electron chi connectivity index (χ2n) is 4.17. The number of hydrogen-bond acceptors (Lipinski definition) is 6. The van der Waals surface area contributed by atoms with Crippen LogP contribution in [0.5, 0.6) is 0 Å². The molecular formula is C12H17NO6. The summed E-state index contributed by atoms with van der Waals surface area (Å²) >= 11 is 0. The zero-order valence-electron chi connectivity index (χ0n) is 11.6. The first-order valence-corrected chi connectivity index (χ1v) is 5.67. The molecular weight excluding hydrogens is 254 g/mol. The molecule has 7 heteroatoms. The summed E-state index contributed by atoms with van der Waals surface area (Å²) in [7, 11) is 3.61. The van der Waals surface area contributed by atoms with Gasteiger partial charge in [-0.05, 0) is 13.8 Å². The predicted molar refractivity (Wildman–Crippen MR) is 63.8 cm³/mol. The van der Waals surface area contributed by atoms with E-state index >= 15 is 0 Å². The molecule has 0 aromatic carbocycles. The lowest BCUT2D eigenvalue weighted by atomic mass is 10.1. The summed E-state index contributed by atoms with van der Waals surface area (Å²) in [5.41, 5.74) is -0.129. The van der Waals surface area contributed by atoms with E-state index in [0.29, 0.717) is 0 Å². The van der Waals surface area contributed by atoms with Gasteiger partial charge in [0.1, 0.15) is 5.57 Å². The normalized spacial score (nSPS) is 18.9. The van der Waals surface area contributed by atoms with E-state index in [2.05, 4.69) is 9.47 Å². The predicted octanol–water partition coefficient (Wildman–Crippen LogP) is -0.148. The van der Waals surface area contributed by atoms with Crippen LogP contribution in [0.3, 0.4) is 0 Å². The Morgan fingerprint density at radius 3 is 2.11 bits per heavy atom. The highest BCUT2D eigenvalue weighted by Crippen LogP contribution is 2.30. The Labute approximate surface area is 111 Å². The molecule has 0 aliphatic carbocycles. The molecule has 1 rings (SSSR count). The van der Waals surface area contributed by atoms with Gasteiger partial charge in [0.25, 0.3) is 5.91 Å². The van der Waals surface area contributed by atoms with Crippen LogP contribution in [-0.2, 0) is 28.6 Å². The van der Waals surface area contributed by atoms with E-state index in [1.807, 2.05) is 0 Å². The highest BCUT2D eigenvalue weighted by molar-refractivity contribution is 6.11. The fourth-order valence-electron chi connectivity index (χ4n) is 2.00. The quantitative estimate of drug-likeness (QED) is 0.661. The average molecular weight is 271 g/mol. The highest BCUT2D eigenvalue weighted by atomic mass is 16.5. The Hall–Kier alpha value is -2.05. The second-order valence-corrected chi connectivity index (χ2v) is 4.17. The molecule has 1 atom stereocenters. The molecule has 1 unspecified atom stereocenters. The average Bonchev–Trinajstić information content (AvgIpc) is 2.69. The maximum atomic E-state index is 12.2. The number of carbonyl (C=O) groups excluding carboxylic acids is 3. The third-order valence-corrected chi connectivity index (χ3v) is 2.82. The molecule has 1 amide bonds. The Bertz CT molecular complexity index is 440. The third kappa shape index (κ3) is 2.40. The standard InChI is InChI=1S/C12H17NO6/c1-6(2)13-8(12(16)19-5)7(11(15)18-4)9(17-3)10(13)14/h6,8H,1-5H3. The van der Waals surface area contributed by atoms with Crippen molar-refractivity contribution in [2.24, 2.45) is 0 Å². The SMILES string of the molecule is COC(=O)C1=C(OC)C(=O)N(C(C)C)C1C(=O)OC. The van der Waals surface area contributed by atoms with Gasteiger partial charge < -0.3 is 19.1 Å². The van der Waals surface area contributed by atoms with E-state index in [0.717, 1.165) is 0 Å². The number of methoxy groups -OCH3 is 3. The summed E-state index contributed by atoms with van der Waals surface area (Å²) in [5, 5.41) is 0. The largest absolute Gasteiger partial charge is 0.491 e. The molecule has 0 saturated heterocycles. The number of rotatable bonds is 4. The lowest BCUT2D eigenvalue weighted by Crippen LogP contribution is -2.46. The molecule has 19 heavy (non-hydrogen) atoms. The summed E-state index contributed by atoms with van der Waals surface area (Å²) < 4.78 is 14.2. The second kappa shape index (κ2) is 5.73. The van der Waals surface area contributed by atoms with Crippen molar-refractivity contribution in [1.29, 1.82) is 0 Å². The summed E-state index contributed by atoms with van der Waals surface area (Å²) in [5.74, 6) is -2.22. The third-order valence-electron chi connectivity index (χ3n) is 2.82. The van der Waals surface area contributed by atoms with Gasteiger partial charge in [-0.25, -0.2) is 9.59 Å². The first-order chi connectivity index (χ1) is 8.90. The van der Waals surface area contributed by atoms with E-state index < -0.39 is 23.9 Å². The maximum absolute atomic E-state index is 12.2. The highest BCUT2D eigenvalue weighted by Gasteiger charge is 2.49. The van der Waals surface area contributed by atoms with Crippen LogP contribution in [0, 0.1) is 0 Å². The van der Waals surface area contributed by atoms with Crippen molar-refractivity contribution in [2.75, 3.05) is 21.3 Å². The van der Waals surface area contributed by atoms with Gasteiger partial charge in [0.2, 0.25) is 0 Å². The molecule has 0 saturated carbocycles. The summed E-state index contributed by atoms with van der Waals surface area (Å²) in [6, 6.07) is -1.44. The van der Waals surface area contributed by atoms with E-state index in [1.165, 1.54) is 26.2 Å². The van der Waals surface area contributed by atoms with Gasteiger partial charge in [-0.3, -0.25) is 4.79 Å². The molecule has 1 aliphatic heterocycles. The number of esters is 2. The van der Waals surface area contributed by atoms with Crippen LogP contribution in [0.25, 0.3) is 0 Å². The van der Waals surface area contributed by atoms with Gasteiger partial charge in [-0.15, -0.1) is 0 Å². The summed E-state index contributed by atoms with van der Waals surface area (Å²) in [6.45, 7) is 3.45. The Balaban J connectivity index is 3.38. The van der Waals surface area contributed by atoms with E-state index in [-0.39, 0.29) is 17.4 Å². The topological polar surface area (TPSA) is 82.1 Å². The number of hydrogen-bond donors (Lipinski definition) is 0. The van der Waals surface area contributed by atoms with E-state index in [1.54, 1.807) is 13.8 Å². The first-order valence-electron chi connectivity index (χ1n) is 5.67. The maximum Gasteiger partial charge on any atom is 0.340 e. The van der Waals surface area contributed by atoms with Crippen LogP contribution < -0.4 is 0 Å². The molecule has 0 bridgehead atoms. The smallest absolute Gasteiger partial charge is 0.340 e. The Kier molecular flexibility index (Phi) is 4.52. The minimum atomic E-state index is -1.14. The van der Waals surface area contributed by atoms with Crippen molar-refractivity contribution in [3.05, 3.63) is 11.3 Å². The van der Waals surface area contributed by atoms with Gasteiger partial charge in [-0.2, -0.15) is 0 Å². The Morgan fingerprint density at radius 2 is 1.74 bits per heavy atom. The van der Waals surface area contributed by atoms with Gasteiger partial charge in [0.05, 0.1) is 21.3 Å². The minimum Gasteiger partial charge on any atom is -0.491 e. The van der Waals surface area contributed by atoms with Crippen molar-refractivity contribution < 1.29 is 28.6 Å². The minimum absolute atomic E-state index is 0.129. The zero-order chi connectivity index (χ0) is 14.7. The molecule has 1 aliphatic rings. The number of nitrogens with zero attached hydrogens (tertiary/aromatic N) is 1. The van der Waals surface area contributed by atoms with Crippen LogP contribution in [0.4, 0.5) is 0 Å². The zero-order valence-corrected chi connectivity index (χ0v) is 11.6. The fraction of sp³-hybridized carbons (Fsp3) is 0.583. The van der Waals surface area contributed by atoms with Crippen molar-refractivity contribution >= 4 is 17.8 Å². The van der Waals surface area contributed by atoms with Crippen LogP contribution in [-0.4, -0.2) is 56.2 Å². The van der Waals surface area contributed by atoms with E-state index in [9.17, 15) is 14.4 Å². The van der Waals surface area contributed by atoms with Gasteiger partial charge in [-0.1, -0.05) is 0 Å².